The van der Waals surface area contributed by atoms with Crippen LogP contribution in [0.15, 0.2) is 30.6 Å². The van der Waals surface area contributed by atoms with E-state index in [1.54, 1.807) is 32.2 Å². The summed E-state index contributed by atoms with van der Waals surface area (Å²) < 4.78 is 38.8. The third kappa shape index (κ3) is 4.82. The lowest BCUT2D eigenvalue weighted by Gasteiger charge is -2.11. The first-order valence-corrected chi connectivity index (χ1v) is 8.60. The van der Waals surface area contributed by atoms with Crippen molar-refractivity contribution in [3.05, 3.63) is 47.0 Å². The number of halogens is 3. The average Bonchev–Trinajstić information content (AvgIpc) is 3.13. The van der Waals surface area contributed by atoms with Gasteiger partial charge in [0, 0.05) is 23.6 Å². The number of nitrogens with zero attached hydrogens (tertiary/aromatic N) is 4. The predicted octanol–water partition coefficient (Wildman–Crippen LogP) is 3.91. The van der Waals surface area contributed by atoms with Crippen LogP contribution in [0.1, 0.15) is 21.2 Å². The molecule has 3 heterocycles. The van der Waals surface area contributed by atoms with Crippen LogP contribution < -0.4 is 10.6 Å². The number of thiazole rings is 1. The number of pyridine rings is 1. The van der Waals surface area contributed by atoms with E-state index in [0.717, 1.165) is 21.7 Å². The second-order valence-electron chi connectivity index (χ2n) is 5.66. The number of nitrogens with one attached hydrogen (secondary N) is 2. The third-order valence-corrected chi connectivity index (χ3v) is 4.28. The average molecular weight is 396 g/mol. The molecule has 0 aliphatic rings. The van der Waals surface area contributed by atoms with Gasteiger partial charge in [-0.3, -0.25) is 9.78 Å². The van der Waals surface area contributed by atoms with Gasteiger partial charge in [-0.25, -0.2) is 9.67 Å². The molecule has 27 heavy (non-hydrogen) atoms. The van der Waals surface area contributed by atoms with Crippen molar-refractivity contribution in [2.24, 2.45) is 0 Å². The number of rotatable bonds is 5. The highest BCUT2D eigenvalue weighted by Gasteiger charge is 2.29. The molecule has 0 saturated carbocycles. The number of amides is 1. The molecule has 0 unspecified atom stereocenters. The first-order valence-electron chi connectivity index (χ1n) is 7.78. The molecular weight excluding hydrogens is 381 g/mol. The number of carbonyl (C=O) groups excluding carboxylic acids is 1. The second kappa shape index (κ2) is 7.35. The maximum absolute atomic E-state index is 12.7. The van der Waals surface area contributed by atoms with E-state index in [1.807, 2.05) is 0 Å². The molecule has 3 aromatic heterocycles. The Kier molecular flexibility index (Phi) is 5.13. The topological polar surface area (TPSA) is 84.7 Å². The molecule has 0 aromatic carbocycles. The second-order valence-corrected chi connectivity index (χ2v) is 6.87. The maximum Gasteiger partial charge on any atom is 0.408 e. The van der Waals surface area contributed by atoms with Gasteiger partial charge in [-0.05, 0) is 26.0 Å². The van der Waals surface area contributed by atoms with Crippen molar-refractivity contribution in [3.8, 4) is 0 Å². The van der Waals surface area contributed by atoms with Gasteiger partial charge in [0.2, 0.25) is 0 Å². The van der Waals surface area contributed by atoms with Crippen LogP contribution in [0.4, 0.5) is 29.7 Å². The number of aromatic nitrogens is 4. The zero-order chi connectivity index (χ0) is 19.6. The molecule has 0 atom stereocenters. The molecule has 0 spiro atoms. The Bertz CT molecular complexity index is 965. The van der Waals surface area contributed by atoms with Gasteiger partial charge in [0.25, 0.3) is 5.91 Å². The Hall–Kier alpha value is -2.95. The number of carbonyl (C=O) groups is 1. The standard InChI is InChI=1S/C16H15F3N6OS/c1-9-7-11(3-5-20-9)23-14(26)13-15(27-10(2)22-13)24-12-4-6-21-25(12)8-16(17,18)19/h3-7,24H,8H2,1-2H3,(H,20,23,26). The first kappa shape index (κ1) is 18.8. The minimum Gasteiger partial charge on any atom is -0.330 e. The van der Waals surface area contributed by atoms with Crippen molar-refractivity contribution in [3.63, 3.8) is 0 Å². The summed E-state index contributed by atoms with van der Waals surface area (Å²) in [5.41, 5.74) is 1.37. The van der Waals surface area contributed by atoms with Crippen LogP contribution in [0.25, 0.3) is 0 Å². The highest BCUT2D eigenvalue weighted by Crippen LogP contribution is 2.29. The maximum atomic E-state index is 12.7. The van der Waals surface area contributed by atoms with E-state index in [0.29, 0.717) is 15.7 Å². The number of anilines is 3. The number of hydrogen-bond donors (Lipinski definition) is 2. The van der Waals surface area contributed by atoms with Gasteiger partial charge in [0.05, 0.1) is 11.2 Å². The van der Waals surface area contributed by atoms with Gasteiger partial charge in [-0.2, -0.15) is 18.3 Å². The summed E-state index contributed by atoms with van der Waals surface area (Å²) in [5.74, 6) is -0.362. The van der Waals surface area contributed by atoms with Crippen molar-refractivity contribution >= 4 is 33.8 Å². The van der Waals surface area contributed by atoms with Crippen LogP contribution in [-0.2, 0) is 6.54 Å². The van der Waals surface area contributed by atoms with Gasteiger partial charge in [0.1, 0.15) is 17.4 Å². The normalized spacial score (nSPS) is 11.4. The summed E-state index contributed by atoms with van der Waals surface area (Å²) in [6, 6.07) is 4.73. The van der Waals surface area contributed by atoms with Crippen LogP contribution in [0.2, 0.25) is 0 Å². The monoisotopic (exact) mass is 396 g/mol. The Balaban J connectivity index is 1.82. The van der Waals surface area contributed by atoms with Crippen molar-refractivity contribution in [1.82, 2.24) is 19.7 Å². The van der Waals surface area contributed by atoms with E-state index in [4.69, 9.17) is 0 Å². The van der Waals surface area contributed by atoms with Crippen molar-refractivity contribution in [2.45, 2.75) is 26.6 Å². The summed E-state index contributed by atoms with van der Waals surface area (Å²) in [5, 5.41) is 10.1. The van der Waals surface area contributed by atoms with Crippen LogP contribution in [0.3, 0.4) is 0 Å². The Morgan fingerprint density at radius 1 is 1.26 bits per heavy atom. The van der Waals surface area contributed by atoms with Gasteiger partial charge in [-0.1, -0.05) is 0 Å². The smallest absolute Gasteiger partial charge is 0.330 e. The molecule has 11 heteroatoms. The molecule has 0 bridgehead atoms. The number of alkyl halides is 3. The zero-order valence-corrected chi connectivity index (χ0v) is 15.1. The van der Waals surface area contributed by atoms with Crippen molar-refractivity contribution in [1.29, 1.82) is 0 Å². The van der Waals surface area contributed by atoms with E-state index in [9.17, 15) is 18.0 Å². The van der Waals surface area contributed by atoms with Gasteiger partial charge in [0.15, 0.2) is 5.69 Å². The minimum atomic E-state index is -4.41. The fraction of sp³-hybridized carbons (Fsp3) is 0.250. The fourth-order valence-corrected chi connectivity index (χ4v) is 3.15. The summed E-state index contributed by atoms with van der Waals surface area (Å²) in [7, 11) is 0. The molecular formula is C16H15F3N6OS. The first-order chi connectivity index (χ1) is 12.7. The molecule has 142 valence electrons. The molecule has 0 fully saturated rings. The fourth-order valence-electron chi connectivity index (χ4n) is 2.33. The molecule has 3 rings (SSSR count). The Morgan fingerprint density at radius 2 is 2.04 bits per heavy atom. The quantitative estimate of drug-likeness (QED) is 0.683. The Morgan fingerprint density at radius 3 is 2.74 bits per heavy atom. The summed E-state index contributed by atoms with van der Waals surface area (Å²) in [4.78, 5) is 20.8. The minimum absolute atomic E-state index is 0.0896. The summed E-state index contributed by atoms with van der Waals surface area (Å²) in [6.45, 7) is 2.26. The lowest BCUT2D eigenvalue weighted by atomic mass is 10.3. The third-order valence-electron chi connectivity index (χ3n) is 3.39. The van der Waals surface area contributed by atoms with Crippen molar-refractivity contribution < 1.29 is 18.0 Å². The lowest BCUT2D eigenvalue weighted by Crippen LogP contribution is -2.20. The predicted molar refractivity (Wildman–Crippen MR) is 95.3 cm³/mol. The molecule has 0 aliphatic carbocycles. The Labute approximate surface area is 156 Å². The molecule has 1 amide bonds. The SMILES string of the molecule is Cc1cc(NC(=O)c2nc(C)sc2Nc2ccnn2CC(F)(F)F)ccn1. The highest BCUT2D eigenvalue weighted by atomic mass is 32.1. The van der Waals surface area contributed by atoms with Crippen molar-refractivity contribution in [2.75, 3.05) is 10.6 Å². The van der Waals surface area contributed by atoms with Crippen LogP contribution in [0.5, 0.6) is 0 Å². The zero-order valence-electron chi connectivity index (χ0n) is 14.3. The van der Waals surface area contributed by atoms with Crippen LogP contribution in [-0.4, -0.2) is 31.8 Å². The molecule has 0 aliphatic heterocycles. The van der Waals surface area contributed by atoms with Gasteiger partial charge >= 0.3 is 6.18 Å². The molecule has 7 nitrogen and oxygen atoms in total. The van der Waals surface area contributed by atoms with E-state index >= 15 is 0 Å². The molecule has 0 radical (unpaired) electrons. The van der Waals surface area contributed by atoms with E-state index in [2.05, 4.69) is 25.7 Å². The van der Waals surface area contributed by atoms with E-state index < -0.39 is 18.6 Å². The van der Waals surface area contributed by atoms with Gasteiger partial charge < -0.3 is 10.6 Å². The number of hydrogen-bond acceptors (Lipinski definition) is 6. The van der Waals surface area contributed by atoms with Crippen LogP contribution in [0, 0.1) is 13.8 Å². The molecule has 2 N–H and O–H groups in total. The summed E-state index contributed by atoms with van der Waals surface area (Å²) in [6.07, 6.45) is -1.60. The van der Waals surface area contributed by atoms with E-state index in [-0.39, 0.29) is 11.5 Å². The molecule has 3 aromatic rings. The largest absolute Gasteiger partial charge is 0.408 e. The lowest BCUT2D eigenvalue weighted by molar-refractivity contribution is -0.142. The van der Waals surface area contributed by atoms with Crippen LogP contribution >= 0.6 is 11.3 Å². The molecule has 0 saturated heterocycles. The van der Waals surface area contributed by atoms with Gasteiger partial charge in [-0.15, -0.1) is 11.3 Å². The summed E-state index contributed by atoms with van der Waals surface area (Å²) >= 11 is 1.16. The number of aryl methyl sites for hydroxylation is 2. The van der Waals surface area contributed by atoms with E-state index in [1.165, 1.54) is 12.3 Å². The highest BCUT2D eigenvalue weighted by molar-refractivity contribution is 7.16.